The number of amides is 1. The molecule has 3 rings (SSSR count). The van der Waals surface area contributed by atoms with Crippen molar-refractivity contribution in [2.45, 2.75) is 23.8 Å². The zero-order valence-electron chi connectivity index (χ0n) is 14.3. The van der Waals surface area contributed by atoms with Gasteiger partial charge in [0.15, 0.2) is 5.84 Å². The van der Waals surface area contributed by atoms with Crippen LogP contribution >= 0.6 is 12.4 Å². The van der Waals surface area contributed by atoms with Crippen molar-refractivity contribution in [2.75, 3.05) is 33.7 Å². The maximum atomic E-state index is 12.6. The molecule has 0 radical (unpaired) electrons. The first-order valence-corrected chi connectivity index (χ1v) is 9.47. The summed E-state index contributed by atoms with van der Waals surface area (Å²) in [6.07, 6.45) is 1.99. The van der Waals surface area contributed by atoms with Crippen LogP contribution in [0.5, 0.6) is 0 Å². The van der Waals surface area contributed by atoms with Crippen LogP contribution in [0.2, 0.25) is 0 Å². The van der Waals surface area contributed by atoms with Gasteiger partial charge in [0.25, 0.3) is 10.0 Å². The van der Waals surface area contributed by atoms with Crippen molar-refractivity contribution in [1.82, 2.24) is 15.1 Å². The van der Waals surface area contributed by atoms with Gasteiger partial charge < -0.3 is 15.1 Å². The van der Waals surface area contributed by atoms with E-state index < -0.39 is 10.0 Å². The number of likely N-dealkylation sites (tertiary alicyclic amines) is 1. The number of carbonyl (C=O) groups is 1. The van der Waals surface area contributed by atoms with E-state index in [9.17, 15) is 13.2 Å². The van der Waals surface area contributed by atoms with Crippen molar-refractivity contribution >= 4 is 34.2 Å². The average Bonchev–Trinajstić information content (AvgIpc) is 3.11. The van der Waals surface area contributed by atoms with E-state index in [4.69, 9.17) is 0 Å². The highest BCUT2D eigenvalue weighted by atomic mass is 35.5. The maximum Gasteiger partial charge on any atom is 0.285 e. The third-order valence-electron chi connectivity index (χ3n) is 4.48. The molecule has 2 aliphatic heterocycles. The highest BCUT2D eigenvalue weighted by Crippen LogP contribution is 2.27. The van der Waals surface area contributed by atoms with Crippen molar-refractivity contribution in [3.05, 3.63) is 29.8 Å². The molecular formula is C16H23ClN4O3S. The van der Waals surface area contributed by atoms with Gasteiger partial charge in [0.05, 0.1) is 6.54 Å². The summed E-state index contributed by atoms with van der Waals surface area (Å²) in [7, 11) is -0.0796. The zero-order valence-corrected chi connectivity index (χ0v) is 15.9. The molecule has 2 heterocycles. The van der Waals surface area contributed by atoms with Gasteiger partial charge in [0, 0.05) is 31.7 Å². The predicted octanol–water partition coefficient (Wildman–Crippen LogP) is 0.700. The highest BCUT2D eigenvalue weighted by Gasteiger charge is 2.33. The molecule has 138 valence electrons. The Morgan fingerprint density at radius 1 is 1.40 bits per heavy atom. The number of nitrogens with one attached hydrogen (secondary N) is 1. The zero-order chi connectivity index (χ0) is 17.3. The number of rotatable bonds is 4. The van der Waals surface area contributed by atoms with Gasteiger partial charge in [-0.3, -0.25) is 4.79 Å². The van der Waals surface area contributed by atoms with E-state index in [2.05, 4.69) is 9.71 Å². The van der Waals surface area contributed by atoms with Gasteiger partial charge in [-0.15, -0.1) is 16.8 Å². The number of hydrogen-bond acceptors (Lipinski definition) is 5. The molecule has 1 fully saturated rings. The molecule has 1 amide bonds. The molecular weight excluding hydrogens is 364 g/mol. The van der Waals surface area contributed by atoms with Gasteiger partial charge in [0.2, 0.25) is 5.91 Å². The molecule has 1 atom stereocenters. The second kappa shape index (κ2) is 7.72. The van der Waals surface area contributed by atoms with Crippen molar-refractivity contribution in [1.29, 1.82) is 0 Å². The second-order valence-corrected chi connectivity index (χ2v) is 7.76. The van der Waals surface area contributed by atoms with Crippen LogP contribution in [-0.4, -0.2) is 69.7 Å². The maximum absolute atomic E-state index is 12.6. The third kappa shape index (κ3) is 3.80. The molecule has 1 aromatic carbocycles. The van der Waals surface area contributed by atoms with E-state index in [1.807, 2.05) is 11.9 Å². The first-order chi connectivity index (χ1) is 11.4. The van der Waals surface area contributed by atoms with Crippen LogP contribution in [0.4, 0.5) is 0 Å². The monoisotopic (exact) mass is 386 g/mol. The number of nitrogens with zero attached hydrogens (tertiary/aromatic N) is 3. The fourth-order valence-corrected chi connectivity index (χ4v) is 4.60. The first-order valence-electron chi connectivity index (χ1n) is 8.03. The number of amidine groups is 1. The Balaban J connectivity index is 0.00000225. The molecule has 1 N–H and O–H groups in total. The lowest BCUT2D eigenvalue weighted by Gasteiger charge is -2.27. The van der Waals surface area contributed by atoms with Gasteiger partial charge in [-0.2, -0.15) is 8.42 Å². The number of benzene rings is 1. The van der Waals surface area contributed by atoms with E-state index in [1.165, 1.54) is 0 Å². The van der Waals surface area contributed by atoms with Gasteiger partial charge in [-0.25, -0.2) is 0 Å². The lowest BCUT2D eigenvalue weighted by Crippen LogP contribution is -2.46. The van der Waals surface area contributed by atoms with Crippen LogP contribution in [0.1, 0.15) is 18.4 Å². The Morgan fingerprint density at radius 2 is 2.12 bits per heavy atom. The largest absolute Gasteiger partial charge is 0.349 e. The lowest BCUT2D eigenvalue weighted by molar-refractivity contribution is -0.132. The Kier molecular flexibility index (Phi) is 6.08. The number of likely N-dealkylation sites (N-methyl/N-ethyl adjacent to an activating group) is 2. The minimum atomic E-state index is -3.66. The lowest BCUT2D eigenvalue weighted by atomic mass is 10.2. The normalized spacial score (nSPS) is 20.6. The summed E-state index contributed by atoms with van der Waals surface area (Å²) in [5.74, 6) is 0.336. The summed E-state index contributed by atoms with van der Waals surface area (Å²) in [5.41, 5.74) is 0.556. The van der Waals surface area contributed by atoms with Crippen molar-refractivity contribution in [2.24, 2.45) is 4.40 Å². The van der Waals surface area contributed by atoms with Gasteiger partial charge >= 0.3 is 0 Å². The van der Waals surface area contributed by atoms with Gasteiger partial charge in [0.1, 0.15) is 4.90 Å². The van der Waals surface area contributed by atoms with Crippen LogP contribution < -0.4 is 5.32 Å². The molecule has 1 saturated heterocycles. The van der Waals surface area contributed by atoms with E-state index in [-0.39, 0.29) is 35.8 Å². The Hall–Kier alpha value is -1.64. The summed E-state index contributed by atoms with van der Waals surface area (Å²) in [4.78, 5) is 16.3. The van der Waals surface area contributed by atoms with Crippen LogP contribution in [0.3, 0.4) is 0 Å². The van der Waals surface area contributed by atoms with Crippen LogP contribution in [-0.2, 0) is 14.8 Å². The number of hydrogen-bond donors (Lipinski definition) is 1. The summed E-state index contributed by atoms with van der Waals surface area (Å²) in [6, 6.07) is 6.91. The molecule has 0 bridgehead atoms. The molecule has 2 aliphatic rings. The smallest absolute Gasteiger partial charge is 0.285 e. The van der Waals surface area contributed by atoms with Crippen LogP contribution in [0.15, 0.2) is 33.6 Å². The van der Waals surface area contributed by atoms with Crippen molar-refractivity contribution < 1.29 is 13.2 Å². The molecule has 25 heavy (non-hydrogen) atoms. The number of fused-ring (bicyclic) bond motifs is 1. The summed E-state index contributed by atoms with van der Waals surface area (Å²) >= 11 is 0. The molecule has 0 aliphatic carbocycles. The fourth-order valence-electron chi connectivity index (χ4n) is 3.34. The second-order valence-electron chi connectivity index (χ2n) is 6.18. The predicted molar refractivity (Wildman–Crippen MR) is 98.7 cm³/mol. The van der Waals surface area contributed by atoms with E-state index >= 15 is 0 Å². The number of sulfonamides is 1. The molecule has 7 nitrogen and oxygen atoms in total. The molecule has 9 heteroatoms. The first kappa shape index (κ1) is 19.7. The molecule has 0 saturated carbocycles. The Morgan fingerprint density at radius 3 is 2.84 bits per heavy atom. The quantitative estimate of drug-likeness (QED) is 0.823. The number of halogens is 1. The summed E-state index contributed by atoms with van der Waals surface area (Å²) < 4.78 is 28.1. The Labute approximate surface area is 154 Å². The average molecular weight is 387 g/mol. The minimum absolute atomic E-state index is 0. The van der Waals surface area contributed by atoms with E-state index in [0.717, 1.165) is 25.9 Å². The Bertz CT molecular complexity index is 781. The molecule has 1 aromatic rings. The van der Waals surface area contributed by atoms with Crippen molar-refractivity contribution in [3.8, 4) is 0 Å². The molecule has 1 unspecified atom stereocenters. The molecule has 0 aromatic heterocycles. The van der Waals surface area contributed by atoms with Crippen molar-refractivity contribution in [3.63, 3.8) is 0 Å². The molecule has 0 spiro atoms. The topological polar surface area (TPSA) is 82.1 Å². The number of carbonyl (C=O) groups excluding carboxylic acids is 1. The highest BCUT2D eigenvalue weighted by molar-refractivity contribution is 7.90. The van der Waals surface area contributed by atoms with E-state index in [1.54, 1.807) is 36.2 Å². The SMILES string of the molecule is CNCC1CCCN1C(=O)CN(C)C1=NS(=O)(=O)c2ccccc21.Cl. The van der Waals surface area contributed by atoms with E-state index in [0.29, 0.717) is 11.4 Å². The van der Waals surface area contributed by atoms with Gasteiger partial charge in [-0.1, -0.05) is 12.1 Å². The summed E-state index contributed by atoms with van der Waals surface area (Å²) in [5, 5.41) is 3.12. The third-order valence-corrected chi connectivity index (χ3v) is 5.81. The van der Waals surface area contributed by atoms with Gasteiger partial charge in [-0.05, 0) is 32.0 Å². The fraction of sp³-hybridized carbons (Fsp3) is 0.500. The summed E-state index contributed by atoms with van der Waals surface area (Å²) in [6.45, 7) is 1.64. The minimum Gasteiger partial charge on any atom is -0.349 e. The van der Waals surface area contributed by atoms with Crippen LogP contribution in [0, 0.1) is 0 Å². The standard InChI is InChI=1S/C16H22N4O3S.ClH/c1-17-10-12-6-5-9-20(12)15(21)11-19(2)16-13-7-3-4-8-14(13)24(22,23)18-16;/h3-4,7-8,12,17H,5-6,9-11H2,1-2H3;1H. The van der Waals surface area contributed by atoms with Crippen LogP contribution in [0.25, 0.3) is 0 Å².